The van der Waals surface area contributed by atoms with E-state index in [4.69, 9.17) is 5.73 Å². The molecule has 1 aliphatic rings. The summed E-state index contributed by atoms with van der Waals surface area (Å²) >= 11 is 3.43. The van der Waals surface area contributed by atoms with Gasteiger partial charge in [0.25, 0.3) is 0 Å². The monoisotopic (exact) mass is 283 g/mol. The van der Waals surface area contributed by atoms with Crippen molar-refractivity contribution in [3.8, 4) is 0 Å². The van der Waals surface area contributed by atoms with Crippen molar-refractivity contribution in [2.45, 2.75) is 25.2 Å². The molecule has 1 aliphatic carbocycles. The van der Waals surface area contributed by atoms with E-state index in [1.165, 1.54) is 12.0 Å². The lowest BCUT2D eigenvalue weighted by molar-refractivity contribution is 0.0192. The van der Waals surface area contributed by atoms with Crippen molar-refractivity contribution < 1.29 is 5.11 Å². The summed E-state index contributed by atoms with van der Waals surface area (Å²) in [5.74, 6) is 0.291. The standard InChI is InChI=1S/C13H18BrNO/c14-11-4-2-10(3-5-11)12(8-15)13(9-16)6-1-7-13/h2-5,12,16H,1,6-9,15H2/t12-/m0/s1. The van der Waals surface area contributed by atoms with Gasteiger partial charge in [0, 0.05) is 22.4 Å². The molecule has 1 fully saturated rings. The molecule has 0 radical (unpaired) electrons. The van der Waals surface area contributed by atoms with Gasteiger partial charge in [-0.2, -0.15) is 0 Å². The maximum Gasteiger partial charge on any atom is 0.0493 e. The lowest BCUT2D eigenvalue weighted by Crippen LogP contribution is -2.42. The highest BCUT2D eigenvalue weighted by Gasteiger charge is 2.43. The molecule has 2 rings (SSSR count). The minimum absolute atomic E-state index is 0.0442. The first kappa shape index (κ1) is 12.1. The molecule has 1 aromatic rings. The first-order chi connectivity index (χ1) is 7.72. The van der Waals surface area contributed by atoms with Crippen LogP contribution >= 0.6 is 15.9 Å². The summed E-state index contributed by atoms with van der Waals surface area (Å²) in [7, 11) is 0. The molecular formula is C13H18BrNO. The molecule has 2 nitrogen and oxygen atoms in total. The van der Waals surface area contributed by atoms with Gasteiger partial charge in [0.1, 0.15) is 0 Å². The zero-order chi connectivity index (χ0) is 11.6. The van der Waals surface area contributed by atoms with E-state index in [0.717, 1.165) is 17.3 Å². The Kier molecular flexibility index (Phi) is 3.67. The second-order valence-electron chi connectivity index (χ2n) is 4.71. The largest absolute Gasteiger partial charge is 0.396 e. The molecule has 0 bridgehead atoms. The number of aliphatic hydroxyl groups is 1. The average Bonchev–Trinajstić information content (AvgIpc) is 2.25. The quantitative estimate of drug-likeness (QED) is 0.893. The van der Waals surface area contributed by atoms with Crippen molar-refractivity contribution in [1.29, 1.82) is 0 Å². The van der Waals surface area contributed by atoms with Gasteiger partial charge in [-0.15, -0.1) is 0 Å². The van der Waals surface area contributed by atoms with Crippen molar-refractivity contribution in [2.24, 2.45) is 11.1 Å². The maximum atomic E-state index is 9.59. The Morgan fingerprint density at radius 1 is 1.31 bits per heavy atom. The van der Waals surface area contributed by atoms with Crippen LogP contribution in [0.3, 0.4) is 0 Å². The highest BCUT2D eigenvalue weighted by molar-refractivity contribution is 9.10. The van der Waals surface area contributed by atoms with Crippen molar-refractivity contribution in [2.75, 3.05) is 13.2 Å². The lowest BCUT2D eigenvalue weighted by atomic mass is 9.60. The predicted molar refractivity (Wildman–Crippen MR) is 69.3 cm³/mol. The Morgan fingerprint density at radius 2 is 1.94 bits per heavy atom. The molecule has 0 saturated heterocycles. The van der Waals surface area contributed by atoms with Gasteiger partial charge in [0.05, 0.1) is 0 Å². The van der Waals surface area contributed by atoms with E-state index >= 15 is 0 Å². The van der Waals surface area contributed by atoms with Gasteiger partial charge in [0.15, 0.2) is 0 Å². The van der Waals surface area contributed by atoms with E-state index in [0.29, 0.717) is 12.5 Å². The normalized spacial score (nSPS) is 20.2. The number of nitrogens with two attached hydrogens (primary N) is 1. The minimum Gasteiger partial charge on any atom is -0.396 e. The van der Waals surface area contributed by atoms with Gasteiger partial charge in [-0.3, -0.25) is 0 Å². The number of hydrogen-bond donors (Lipinski definition) is 2. The second kappa shape index (κ2) is 4.86. The minimum atomic E-state index is 0.0442. The topological polar surface area (TPSA) is 46.2 Å². The van der Waals surface area contributed by atoms with Gasteiger partial charge >= 0.3 is 0 Å². The molecule has 0 unspecified atom stereocenters. The SMILES string of the molecule is NC[C@@H](c1ccc(Br)cc1)C1(CO)CCC1. The first-order valence-corrected chi connectivity index (χ1v) is 6.57. The van der Waals surface area contributed by atoms with Crippen molar-refractivity contribution in [1.82, 2.24) is 0 Å². The summed E-state index contributed by atoms with van der Waals surface area (Å²) in [6.45, 7) is 0.868. The number of aliphatic hydroxyl groups excluding tert-OH is 1. The number of rotatable bonds is 4. The third-order valence-electron chi connectivity index (χ3n) is 3.91. The number of benzene rings is 1. The smallest absolute Gasteiger partial charge is 0.0493 e. The van der Waals surface area contributed by atoms with Crippen molar-refractivity contribution >= 4 is 15.9 Å². The van der Waals surface area contributed by atoms with E-state index in [1.54, 1.807) is 0 Å². The van der Waals surface area contributed by atoms with E-state index in [9.17, 15) is 5.11 Å². The molecule has 1 atom stereocenters. The molecule has 1 aromatic carbocycles. The molecule has 0 aromatic heterocycles. The van der Waals surface area contributed by atoms with Crippen LogP contribution in [-0.2, 0) is 0 Å². The summed E-state index contributed by atoms with van der Waals surface area (Å²) in [5.41, 5.74) is 7.18. The average molecular weight is 284 g/mol. The molecule has 0 aliphatic heterocycles. The Hall–Kier alpha value is -0.380. The van der Waals surface area contributed by atoms with Gasteiger partial charge in [0.2, 0.25) is 0 Å². The summed E-state index contributed by atoms with van der Waals surface area (Å²) in [6.07, 6.45) is 3.41. The predicted octanol–water partition coefficient (Wildman–Crippen LogP) is 2.65. The summed E-state index contributed by atoms with van der Waals surface area (Å²) in [5, 5.41) is 9.59. The van der Waals surface area contributed by atoms with E-state index in [1.807, 2.05) is 12.1 Å². The summed E-state index contributed by atoms with van der Waals surface area (Å²) in [6, 6.07) is 8.30. The van der Waals surface area contributed by atoms with E-state index in [2.05, 4.69) is 28.1 Å². The second-order valence-corrected chi connectivity index (χ2v) is 5.63. The van der Waals surface area contributed by atoms with Crippen LogP contribution in [0.1, 0.15) is 30.7 Å². The van der Waals surface area contributed by atoms with Gasteiger partial charge in [-0.25, -0.2) is 0 Å². The molecule has 16 heavy (non-hydrogen) atoms. The fraction of sp³-hybridized carbons (Fsp3) is 0.538. The van der Waals surface area contributed by atoms with Gasteiger partial charge in [-0.05, 0) is 37.1 Å². The Balaban J connectivity index is 2.25. The fourth-order valence-electron chi connectivity index (χ4n) is 2.68. The molecule has 88 valence electrons. The van der Waals surface area contributed by atoms with Crippen LogP contribution in [0.5, 0.6) is 0 Å². The van der Waals surface area contributed by atoms with Crippen LogP contribution in [0.4, 0.5) is 0 Å². The van der Waals surface area contributed by atoms with Gasteiger partial charge in [-0.1, -0.05) is 34.5 Å². The van der Waals surface area contributed by atoms with Crippen LogP contribution in [-0.4, -0.2) is 18.3 Å². The fourth-order valence-corrected chi connectivity index (χ4v) is 2.95. The highest BCUT2D eigenvalue weighted by Crippen LogP contribution is 2.50. The number of hydrogen-bond acceptors (Lipinski definition) is 2. The van der Waals surface area contributed by atoms with Crippen LogP contribution in [0.2, 0.25) is 0 Å². The van der Waals surface area contributed by atoms with Crippen molar-refractivity contribution in [3.63, 3.8) is 0 Å². The van der Waals surface area contributed by atoms with Crippen LogP contribution in [0.15, 0.2) is 28.7 Å². The van der Waals surface area contributed by atoms with Crippen LogP contribution in [0, 0.1) is 5.41 Å². The Labute approximate surface area is 105 Å². The first-order valence-electron chi connectivity index (χ1n) is 5.78. The Bertz CT molecular complexity index is 340. The Morgan fingerprint density at radius 3 is 2.31 bits per heavy atom. The molecule has 3 heteroatoms. The zero-order valence-corrected chi connectivity index (χ0v) is 10.9. The maximum absolute atomic E-state index is 9.59. The third-order valence-corrected chi connectivity index (χ3v) is 4.44. The van der Waals surface area contributed by atoms with Crippen LogP contribution < -0.4 is 5.73 Å². The van der Waals surface area contributed by atoms with E-state index < -0.39 is 0 Å². The van der Waals surface area contributed by atoms with Crippen LogP contribution in [0.25, 0.3) is 0 Å². The lowest BCUT2D eigenvalue weighted by Gasteiger charge is -2.46. The molecule has 0 heterocycles. The molecule has 1 saturated carbocycles. The summed E-state index contributed by atoms with van der Waals surface area (Å²) in [4.78, 5) is 0. The van der Waals surface area contributed by atoms with Gasteiger partial charge < -0.3 is 10.8 Å². The highest BCUT2D eigenvalue weighted by atomic mass is 79.9. The molecule has 0 spiro atoms. The molecule has 3 N–H and O–H groups in total. The summed E-state index contributed by atoms with van der Waals surface area (Å²) < 4.78 is 1.08. The van der Waals surface area contributed by atoms with E-state index in [-0.39, 0.29) is 12.0 Å². The van der Waals surface area contributed by atoms with Crippen molar-refractivity contribution in [3.05, 3.63) is 34.3 Å². The molecular weight excluding hydrogens is 266 g/mol. The number of halogens is 1. The third kappa shape index (κ3) is 2.04. The zero-order valence-electron chi connectivity index (χ0n) is 9.32. The molecule has 0 amide bonds.